The molecule has 0 aliphatic rings. The molecule has 2 rings (SSSR count). The van der Waals surface area contributed by atoms with Crippen molar-refractivity contribution in [3.05, 3.63) is 24.0 Å². The minimum Gasteiger partial charge on any atom is -0.493 e. The average molecular weight is 291 g/mol. The number of pyridine rings is 1. The second-order valence-electron chi connectivity index (χ2n) is 4.39. The predicted octanol–water partition coefficient (Wildman–Crippen LogP) is 2.28. The summed E-state index contributed by atoms with van der Waals surface area (Å²) in [6.45, 7) is 0. The topological polar surface area (TPSA) is 77.9 Å². The standard InChI is InChI=1S/C15H17NO5/c1-19-11-8-9-6-7-16-10(4-5-12(17)18)13(9)15(21-3)14(11)20-2/h6-8H,4-5H2,1-3H3,(H,17,18). The lowest BCUT2D eigenvalue weighted by atomic mass is 10.0. The molecular formula is C15H17NO5. The Hall–Kier alpha value is -2.50. The second-order valence-corrected chi connectivity index (χ2v) is 4.39. The van der Waals surface area contributed by atoms with Crippen molar-refractivity contribution in [3.8, 4) is 17.2 Å². The first-order valence-corrected chi connectivity index (χ1v) is 6.40. The Bertz CT molecular complexity index is 669. The van der Waals surface area contributed by atoms with Gasteiger partial charge in [-0.2, -0.15) is 0 Å². The summed E-state index contributed by atoms with van der Waals surface area (Å²) in [5.41, 5.74) is 0.660. The smallest absolute Gasteiger partial charge is 0.303 e. The molecule has 0 aliphatic heterocycles. The molecule has 112 valence electrons. The normalized spacial score (nSPS) is 10.4. The van der Waals surface area contributed by atoms with E-state index in [9.17, 15) is 4.79 Å². The van der Waals surface area contributed by atoms with E-state index in [1.54, 1.807) is 13.3 Å². The van der Waals surface area contributed by atoms with Crippen molar-refractivity contribution in [3.63, 3.8) is 0 Å². The van der Waals surface area contributed by atoms with E-state index >= 15 is 0 Å². The number of carboxylic acids is 1. The van der Waals surface area contributed by atoms with E-state index in [-0.39, 0.29) is 6.42 Å². The predicted molar refractivity (Wildman–Crippen MR) is 77.4 cm³/mol. The van der Waals surface area contributed by atoms with E-state index in [0.29, 0.717) is 29.4 Å². The van der Waals surface area contributed by atoms with Crippen LogP contribution in [0.15, 0.2) is 18.3 Å². The van der Waals surface area contributed by atoms with Crippen LogP contribution in [0.5, 0.6) is 17.2 Å². The van der Waals surface area contributed by atoms with Gasteiger partial charge in [0.2, 0.25) is 5.75 Å². The van der Waals surface area contributed by atoms with Gasteiger partial charge in [-0.1, -0.05) is 0 Å². The molecule has 0 unspecified atom stereocenters. The molecule has 6 nitrogen and oxygen atoms in total. The zero-order valence-corrected chi connectivity index (χ0v) is 12.2. The fourth-order valence-corrected chi connectivity index (χ4v) is 2.29. The SMILES string of the molecule is COc1cc2ccnc(CCC(=O)O)c2c(OC)c1OC. The van der Waals surface area contributed by atoms with Crippen molar-refractivity contribution in [2.24, 2.45) is 0 Å². The monoisotopic (exact) mass is 291 g/mol. The van der Waals surface area contributed by atoms with Crippen molar-refractivity contribution in [1.29, 1.82) is 0 Å². The summed E-state index contributed by atoms with van der Waals surface area (Å²) in [6, 6.07) is 3.65. The van der Waals surface area contributed by atoms with Crippen LogP contribution in [0.4, 0.5) is 0 Å². The number of benzene rings is 1. The summed E-state index contributed by atoms with van der Waals surface area (Å²) < 4.78 is 16.1. The summed E-state index contributed by atoms with van der Waals surface area (Å²) in [4.78, 5) is 15.1. The molecule has 1 heterocycles. The van der Waals surface area contributed by atoms with Crippen LogP contribution in [0.25, 0.3) is 10.8 Å². The molecule has 0 radical (unpaired) electrons. The molecular weight excluding hydrogens is 274 g/mol. The van der Waals surface area contributed by atoms with Crippen LogP contribution in [0.3, 0.4) is 0 Å². The van der Waals surface area contributed by atoms with Crippen LogP contribution < -0.4 is 14.2 Å². The van der Waals surface area contributed by atoms with Gasteiger partial charge in [0.25, 0.3) is 0 Å². The Morgan fingerprint density at radius 1 is 1.19 bits per heavy atom. The Labute approximate surface area is 122 Å². The largest absolute Gasteiger partial charge is 0.493 e. The fraction of sp³-hybridized carbons (Fsp3) is 0.333. The third-order valence-electron chi connectivity index (χ3n) is 3.21. The molecule has 0 aliphatic carbocycles. The Morgan fingerprint density at radius 2 is 1.90 bits per heavy atom. The molecule has 2 aromatic rings. The molecule has 21 heavy (non-hydrogen) atoms. The first kappa shape index (κ1) is 14.9. The van der Waals surface area contributed by atoms with Crippen molar-refractivity contribution in [2.75, 3.05) is 21.3 Å². The van der Waals surface area contributed by atoms with E-state index < -0.39 is 5.97 Å². The Balaban J connectivity index is 2.69. The molecule has 0 saturated carbocycles. The summed E-state index contributed by atoms with van der Waals surface area (Å²) in [7, 11) is 4.61. The number of rotatable bonds is 6. The summed E-state index contributed by atoms with van der Waals surface area (Å²) in [5, 5.41) is 10.5. The van der Waals surface area contributed by atoms with Crippen molar-refractivity contribution in [2.45, 2.75) is 12.8 Å². The molecule has 1 aromatic heterocycles. The van der Waals surface area contributed by atoms with Gasteiger partial charge in [-0.25, -0.2) is 0 Å². The van der Waals surface area contributed by atoms with Crippen LogP contribution in [0.2, 0.25) is 0 Å². The summed E-state index contributed by atoms with van der Waals surface area (Å²) in [5.74, 6) is 0.655. The Kier molecular flexibility index (Phi) is 4.47. The number of hydrogen-bond acceptors (Lipinski definition) is 5. The quantitative estimate of drug-likeness (QED) is 0.879. The maximum Gasteiger partial charge on any atom is 0.303 e. The number of carbonyl (C=O) groups is 1. The number of fused-ring (bicyclic) bond motifs is 1. The molecule has 0 spiro atoms. The van der Waals surface area contributed by atoms with Crippen molar-refractivity contribution < 1.29 is 24.1 Å². The molecule has 1 N–H and O–H groups in total. The van der Waals surface area contributed by atoms with E-state index in [1.807, 2.05) is 12.1 Å². The first-order chi connectivity index (χ1) is 10.1. The maximum absolute atomic E-state index is 10.8. The number of aliphatic carboxylic acids is 1. The minimum atomic E-state index is -0.867. The highest BCUT2D eigenvalue weighted by Gasteiger charge is 2.19. The van der Waals surface area contributed by atoms with E-state index in [0.717, 1.165) is 10.8 Å². The number of hydrogen-bond donors (Lipinski definition) is 1. The number of nitrogens with zero attached hydrogens (tertiary/aromatic N) is 1. The molecule has 0 fully saturated rings. The van der Waals surface area contributed by atoms with Gasteiger partial charge >= 0.3 is 5.97 Å². The van der Waals surface area contributed by atoms with Gasteiger partial charge in [-0.15, -0.1) is 0 Å². The van der Waals surface area contributed by atoms with Gasteiger partial charge in [-0.3, -0.25) is 9.78 Å². The van der Waals surface area contributed by atoms with Crippen LogP contribution in [-0.2, 0) is 11.2 Å². The second kappa shape index (κ2) is 6.30. The van der Waals surface area contributed by atoms with Gasteiger partial charge in [0.05, 0.1) is 33.4 Å². The average Bonchev–Trinajstić information content (AvgIpc) is 2.50. The molecule has 0 bridgehead atoms. The van der Waals surface area contributed by atoms with Gasteiger partial charge in [-0.05, 0) is 17.5 Å². The lowest BCUT2D eigenvalue weighted by molar-refractivity contribution is -0.136. The molecule has 0 amide bonds. The number of carboxylic acid groups (broad SMARTS) is 1. The van der Waals surface area contributed by atoms with Crippen LogP contribution >= 0.6 is 0 Å². The Morgan fingerprint density at radius 3 is 2.48 bits per heavy atom. The van der Waals surface area contributed by atoms with Crippen molar-refractivity contribution in [1.82, 2.24) is 4.98 Å². The number of methoxy groups -OCH3 is 3. The van der Waals surface area contributed by atoms with E-state index in [2.05, 4.69) is 4.98 Å². The minimum absolute atomic E-state index is 0.00358. The fourth-order valence-electron chi connectivity index (χ4n) is 2.29. The van der Waals surface area contributed by atoms with Gasteiger partial charge < -0.3 is 19.3 Å². The third kappa shape index (κ3) is 2.84. The zero-order chi connectivity index (χ0) is 15.4. The van der Waals surface area contributed by atoms with E-state index in [1.165, 1.54) is 14.2 Å². The highest BCUT2D eigenvalue weighted by Crippen LogP contribution is 2.44. The zero-order valence-electron chi connectivity index (χ0n) is 12.2. The number of aryl methyl sites for hydroxylation is 1. The number of ether oxygens (including phenoxy) is 3. The van der Waals surface area contributed by atoms with Crippen molar-refractivity contribution >= 4 is 16.7 Å². The lowest BCUT2D eigenvalue weighted by Gasteiger charge is -2.16. The highest BCUT2D eigenvalue weighted by molar-refractivity contribution is 5.95. The third-order valence-corrected chi connectivity index (χ3v) is 3.21. The van der Waals surface area contributed by atoms with Crippen LogP contribution in [-0.4, -0.2) is 37.4 Å². The molecule has 0 saturated heterocycles. The van der Waals surface area contributed by atoms with Crippen LogP contribution in [0, 0.1) is 0 Å². The summed E-state index contributed by atoms with van der Waals surface area (Å²) in [6.07, 6.45) is 1.97. The van der Waals surface area contributed by atoms with Gasteiger partial charge in [0, 0.05) is 18.0 Å². The number of aromatic nitrogens is 1. The molecule has 1 aromatic carbocycles. The molecule has 0 atom stereocenters. The highest BCUT2D eigenvalue weighted by atomic mass is 16.5. The lowest BCUT2D eigenvalue weighted by Crippen LogP contribution is -2.02. The van der Waals surface area contributed by atoms with Gasteiger partial charge in [0.15, 0.2) is 11.5 Å². The summed E-state index contributed by atoms with van der Waals surface area (Å²) >= 11 is 0. The first-order valence-electron chi connectivity index (χ1n) is 6.40. The maximum atomic E-state index is 10.8. The van der Waals surface area contributed by atoms with E-state index in [4.69, 9.17) is 19.3 Å². The van der Waals surface area contributed by atoms with Crippen LogP contribution in [0.1, 0.15) is 12.1 Å². The van der Waals surface area contributed by atoms with Gasteiger partial charge in [0.1, 0.15) is 0 Å². The molecule has 6 heteroatoms.